The first-order chi connectivity index (χ1) is 14.6. The highest BCUT2D eigenvalue weighted by Crippen LogP contribution is 2.67. The molecule has 31 heavy (non-hydrogen) atoms. The molecule has 4 aliphatic carbocycles. The fourth-order valence-corrected chi connectivity index (χ4v) is 9.50. The van der Waals surface area contributed by atoms with Crippen LogP contribution < -0.4 is 0 Å². The van der Waals surface area contributed by atoms with Crippen molar-refractivity contribution < 1.29 is 9.59 Å². The van der Waals surface area contributed by atoms with Crippen LogP contribution in [0.25, 0.3) is 0 Å². The predicted molar refractivity (Wildman–Crippen MR) is 128 cm³/mol. The molecule has 0 saturated heterocycles. The van der Waals surface area contributed by atoms with Crippen molar-refractivity contribution in [3.8, 4) is 0 Å². The van der Waals surface area contributed by atoms with Gasteiger partial charge in [-0.2, -0.15) is 0 Å². The zero-order chi connectivity index (χ0) is 22.6. The molecule has 0 aromatic rings. The molecule has 0 heterocycles. The number of hydrogen-bond donors (Lipinski definition) is 0. The molecule has 0 aromatic heterocycles. The topological polar surface area (TPSA) is 34.1 Å². The van der Waals surface area contributed by atoms with Gasteiger partial charge in [0.05, 0.1) is 0 Å². The first-order valence-electron chi connectivity index (χ1n) is 13.7. The molecule has 0 spiro atoms. The van der Waals surface area contributed by atoms with Gasteiger partial charge in [-0.25, -0.2) is 0 Å². The Morgan fingerprint density at radius 1 is 0.903 bits per heavy atom. The highest BCUT2D eigenvalue weighted by molar-refractivity contribution is 5.90. The van der Waals surface area contributed by atoms with Gasteiger partial charge in [0.25, 0.3) is 0 Å². The van der Waals surface area contributed by atoms with E-state index >= 15 is 0 Å². The first kappa shape index (κ1) is 23.5. The molecule has 4 saturated carbocycles. The summed E-state index contributed by atoms with van der Waals surface area (Å²) in [5.41, 5.74) is 0.513. The SMILES string of the molecule is CC[C@H](CC[C@@H](C)C1CCC2C3CC(=O)C4CC(=O)CC[C@]4(C)C3CC[C@@]21C)C(C)C. The Hall–Kier alpha value is -0.660. The molecule has 176 valence electrons. The third-order valence-electron chi connectivity index (χ3n) is 11.5. The average Bonchev–Trinajstić information content (AvgIpc) is 3.07. The van der Waals surface area contributed by atoms with Crippen molar-refractivity contribution in [3.05, 3.63) is 0 Å². The second-order valence-electron chi connectivity index (χ2n) is 13.0. The van der Waals surface area contributed by atoms with Crippen LogP contribution in [0.4, 0.5) is 0 Å². The summed E-state index contributed by atoms with van der Waals surface area (Å²) in [7, 11) is 0. The summed E-state index contributed by atoms with van der Waals surface area (Å²) in [6, 6.07) is 0. The molecule has 4 rings (SSSR count). The number of ketones is 2. The number of fused-ring (bicyclic) bond motifs is 5. The van der Waals surface area contributed by atoms with Gasteiger partial charge in [0.1, 0.15) is 11.6 Å². The molecule has 5 unspecified atom stereocenters. The van der Waals surface area contributed by atoms with Crippen LogP contribution in [0, 0.1) is 58.2 Å². The van der Waals surface area contributed by atoms with Crippen LogP contribution in [-0.4, -0.2) is 11.6 Å². The average molecular weight is 429 g/mol. The monoisotopic (exact) mass is 428 g/mol. The fraction of sp³-hybridized carbons (Fsp3) is 0.931. The molecular formula is C29H48O2. The highest BCUT2D eigenvalue weighted by Gasteiger charge is 2.62. The lowest BCUT2D eigenvalue weighted by molar-refractivity contribution is -0.159. The Kier molecular flexibility index (Phi) is 6.52. The first-order valence-corrected chi connectivity index (χ1v) is 13.7. The summed E-state index contributed by atoms with van der Waals surface area (Å²) < 4.78 is 0. The Balaban J connectivity index is 1.49. The molecule has 0 aliphatic heterocycles. The molecule has 2 nitrogen and oxygen atoms in total. The minimum atomic E-state index is 0.0255. The molecule has 0 aromatic carbocycles. The maximum absolute atomic E-state index is 13.3. The van der Waals surface area contributed by atoms with E-state index in [1.54, 1.807) is 0 Å². The standard InChI is InChI=1S/C29H48O2/c1-7-20(18(2)3)9-8-19(4)23-10-11-24-22-17-27(31)26-16-21(30)12-14-29(26,6)25(22)13-15-28(23,24)5/h18-20,22-26H,7-17H2,1-6H3/t19-,20-,22?,23?,24?,25?,26?,28-,29-/m1/s1. The number of Topliss-reactive ketones (excluding diaryl/α,β-unsaturated/α-hetero) is 2. The smallest absolute Gasteiger partial charge is 0.137 e. The summed E-state index contributed by atoms with van der Waals surface area (Å²) in [6.07, 6.45) is 12.4. The van der Waals surface area contributed by atoms with Crippen LogP contribution in [0.3, 0.4) is 0 Å². The highest BCUT2D eigenvalue weighted by atomic mass is 16.1. The van der Waals surface area contributed by atoms with Crippen molar-refractivity contribution in [2.45, 2.75) is 112 Å². The van der Waals surface area contributed by atoms with Gasteiger partial charge in [-0.15, -0.1) is 0 Å². The normalized spacial score (nSPS) is 44.5. The van der Waals surface area contributed by atoms with Crippen molar-refractivity contribution >= 4 is 11.6 Å². The van der Waals surface area contributed by atoms with Crippen molar-refractivity contribution in [3.63, 3.8) is 0 Å². The van der Waals surface area contributed by atoms with Crippen molar-refractivity contribution in [2.24, 2.45) is 58.2 Å². The van der Waals surface area contributed by atoms with Gasteiger partial charge in [0.2, 0.25) is 0 Å². The second kappa shape index (κ2) is 8.60. The maximum atomic E-state index is 13.3. The van der Waals surface area contributed by atoms with Gasteiger partial charge in [0.15, 0.2) is 0 Å². The number of carbonyl (C=O) groups is 2. The molecule has 0 N–H and O–H groups in total. The van der Waals surface area contributed by atoms with E-state index in [0.717, 1.165) is 42.4 Å². The van der Waals surface area contributed by atoms with E-state index in [1.165, 1.54) is 44.9 Å². The molecule has 4 fully saturated rings. The second-order valence-corrected chi connectivity index (χ2v) is 13.0. The van der Waals surface area contributed by atoms with E-state index in [4.69, 9.17) is 0 Å². The van der Waals surface area contributed by atoms with E-state index < -0.39 is 0 Å². The van der Waals surface area contributed by atoms with E-state index in [1.807, 2.05) is 0 Å². The van der Waals surface area contributed by atoms with Gasteiger partial charge in [-0.05, 0) is 90.8 Å². The zero-order valence-electron chi connectivity index (χ0n) is 21.2. The summed E-state index contributed by atoms with van der Waals surface area (Å²) in [6.45, 7) is 14.7. The largest absolute Gasteiger partial charge is 0.300 e. The Morgan fingerprint density at radius 3 is 2.29 bits per heavy atom. The summed E-state index contributed by atoms with van der Waals surface area (Å²) in [5.74, 6) is 6.05. The van der Waals surface area contributed by atoms with E-state index in [2.05, 4.69) is 41.5 Å². The number of carbonyl (C=O) groups excluding carboxylic acids is 2. The lowest BCUT2D eigenvalue weighted by Gasteiger charge is -2.59. The maximum Gasteiger partial charge on any atom is 0.137 e. The minimum absolute atomic E-state index is 0.0255. The van der Waals surface area contributed by atoms with Gasteiger partial charge in [-0.3, -0.25) is 9.59 Å². The quantitative estimate of drug-likeness (QED) is 0.439. The molecule has 0 amide bonds. The third kappa shape index (κ3) is 3.86. The van der Waals surface area contributed by atoms with Crippen LogP contribution in [-0.2, 0) is 9.59 Å². The van der Waals surface area contributed by atoms with Crippen LogP contribution in [0.15, 0.2) is 0 Å². The molecule has 4 aliphatic rings. The Bertz CT molecular complexity index is 695. The lowest BCUT2D eigenvalue weighted by atomic mass is 9.44. The van der Waals surface area contributed by atoms with Crippen molar-refractivity contribution in [1.29, 1.82) is 0 Å². The number of rotatable bonds is 6. The van der Waals surface area contributed by atoms with Crippen molar-refractivity contribution in [2.75, 3.05) is 0 Å². The molecular weight excluding hydrogens is 380 g/mol. The van der Waals surface area contributed by atoms with Crippen LogP contribution >= 0.6 is 0 Å². The number of hydrogen-bond acceptors (Lipinski definition) is 2. The summed E-state index contributed by atoms with van der Waals surface area (Å²) in [5, 5.41) is 0. The Labute approximate surface area is 191 Å². The summed E-state index contributed by atoms with van der Waals surface area (Å²) in [4.78, 5) is 25.4. The minimum Gasteiger partial charge on any atom is -0.300 e. The Morgan fingerprint density at radius 2 is 1.61 bits per heavy atom. The molecule has 9 atom stereocenters. The van der Waals surface area contributed by atoms with Gasteiger partial charge >= 0.3 is 0 Å². The van der Waals surface area contributed by atoms with Gasteiger partial charge < -0.3 is 0 Å². The van der Waals surface area contributed by atoms with Crippen LogP contribution in [0.5, 0.6) is 0 Å². The zero-order valence-corrected chi connectivity index (χ0v) is 21.2. The molecule has 0 bridgehead atoms. The van der Waals surface area contributed by atoms with Crippen LogP contribution in [0.2, 0.25) is 0 Å². The van der Waals surface area contributed by atoms with Crippen LogP contribution in [0.1, 0.15) is 112 Å². The van der Waals surface area contributed by atoms with Gasteiger partial charge in [0, 0.05) is 25.2 Å². The van der Waals surface area contributed by atoms with Gasteiger partial charge in [-0.1, -0.05) is 54.4 Å². The predicted octanol–water partition coefficient (Wildman–Crippen LogP) is 7.49. The van der Waals surface area contributed by atoms with E-state index in [9.17, 15) is 9.59 Å². The third-order valence-corrected chi connectivity index (χ3v) is 11.5. The fourth-order valence-electron chi connectivity index (χ4n) is 9.50. The molecule has 0 radical (unpaired) electrons. The van der Waals surface area contributed by atoms with E-state index in [-0.39, 0.29) is 11.3 Å². The van der Waals surface area contributed by atoms with E-state index in [0.29, 0.717) is 41.7 Å². The molecule has 2 heteroatoms. The summed E-state index contributed by atoms with van der Waals surface area (Å²) >= 11 is 0. The lowest BCUT2D eigenvalue weighted by Crippen LogP contribution is -2.56. The van der Waals surface area contributed by atoms with Crippen molar-refractivity contribution in [1.82, 2.24) is 0 Å².